The average molecular weight is 276 g/mol. The molecule has 0 saturated heterocycles. The van der Waals surface area contributed by atoms with Crippen molar-refractivity contribution in [3.05, 3.63) is 51.2 Å². The summed E-state index contributed by atoms with van der Waals surface area (Å²) in [7, 11) is 0. The molecule has 0 aliphatic heterocycles. The van der Waals surface area contributed by atoms with Gasteiger partial charge in [0, 0.05) is 15.3 Å². The Balaban J connectivity index is 2.12. The maximum absolute atomic E-state index is 9.76. The summed E-state index contributed by atoms with van der Waals surface area (Å²) >= 11 is 1.78. The fraction of sp³-hybridized carbons (Fsp3) is 0.375. The molecule has 2 nitrogen and oxygen atoms in total. The Morgan fingerprint density at radius 2 is 1.95 bits per heavy atom. The van der Waals surface area contributed by atoms with E-state index in [1.165, 1.54) is 9.75 Å². The summed E-state index contributed by atoms with van der Waals surface area (Å²) in [5.41, 5.74) is 1.98. The van der Waals surface area contributed by atoms with Gasteiger partial charge in [0.25, 0.3) is 0 Å². The number of hydrogen-bond donors (Lipinski definition) is 1. The van der Waals surface area contributed by atoms with Crippen LogP contribution in [0.2, 0.25) is 0 Å². The SMILES string of the molecule is CCc1ccc(COc2cc(C)ccc2[C@H](C)O)s1. The van der Waals surface area contributed by atoms with E-state index in [0.717, 1.165) is 23.3 Å². The molecule has 102 valence electrons. The minimum absolute atomic E-state index is 0.509. The third-order valence-electron chi connectivity index (χ3n) is 3.05. The molecule has 1 aromatic heterocycles. The van der Waals surface area contributed by atoms with Crippen molar-refractivity contribution in [1.82, 2.24) is 0 Å². The molecular weight excluding hydrogens is 256 g/mol. The van der Waals surface area contributed by atoms with Gasteiger partial charge in [0.05, 0.1) is 6.10 Å². The molecule has 0 fully saturated rings. The number of thiophene rings is 1. The summed E-state index contributed by atoms with van der Waals surface area (Å²) in [4.78, 5) is 2.59. The van der Waals surface area contributed by atoms with Gasteiger partial charge in [0.2, 0.25) is 0 Å². The highest BCUT2D eigenvalue weighted by Crippen LogP contribution is 2.28. The van der Waals surface area contributed by atoms with Gasteiger partial charge in [-0.2, -0.15) is 0 Å². The Bertz CT molecular complexity index is 543. The molecule has 19 heavy (non-hydrogen) atoms. The van der Waals surface area contributed by atoms with Crippen LogP contribution in [-0.2, 0) is 13.0 Å². The highest BCUT2D eigenvalue weighted by Gasteiger charge is 2.10. The lowest BCUT2D eigenvalue weighted by Gasteiger charge is -2.13. The topological polar surface area (TPSA) is 29.5 Å². The molecule has 0 aliphatic carbocycles. The van der Waals surface area contributed by atoms with E-state index in [1.54, 1.807) is 18.3 Å². The zero-order valence-corrected chi connectivity index (χ0v) is 12.5. The quantitative estimate of drug-likeness (QED) is 0.884. The molecule has 0 spiro atoms. The van der Waals surface area contributed by atoms with Crippen molar-refractivity contribution in [3.63, 3.8) is 0 Å². The molecule has 0 saturated carbocycles. The second kappa shape index (κ2) is 6.22. The van der Waals surface area contributed by atoms with Crippen molar-refractivity contribution >= 4 is 11.3 Å². The molecule has 0 radical (unpaired) electrons. The van der Waals surface area contributed by atoms with Crippen molar-refractivity contribution < 1.29 is 9.84 Å². The third kappa shape index (κ3) is 3.58. The predicted octanol–water partition coefficient (Wildman–Crippen LogP) is 4.25. The zero-order chi connectivity index (χ0) is 13.8. The van der Waals surface area contributed by atoms with Crippen molar-refractivity contribution in [3.8, 4) is 5.75 Å². The zero-order valence-electron chi connectivity index (χ0n) is 11.6. The largest absolute Gasteiger partial charge is 0.488 e. The number of rotatable bonds is 5. The molecule has 1 atom stereocenters. The fourth-order valence-corrected chi connectivity index (χ4v) is 2.82. The van der Waals surface area contributed by atoms with Crippen LogP contribution in [0.3, 0.4) is 0 Å². The highest BCUT2D eigenvalue weighted by atomic mass is 32.1. The molecule has 0 amide bonds. The van der Waals surface area contributed by atoms with Crippen LogP contribution in [0.5, 0.6) is 5.75 Å². The molecule has 1 N–H and O–H groups in total. The van der Waals surface area contributed by atoms with E-state index in [1.807, 2.05) is 25.1 Å². The molecule has 0 unspecified atom stereocenters. The van der Waals surface area contributed by atoms with Gasteiger partial charge in [-0.3, -0.25) is 0 Å². The maximum Gasteiger partial charge on any atom is 0.125 e. The Hall–Kier alpha value is -1.32. The smallest absolute Gasteiger partial charge is 0.125 e. The molecule has 1 aromatic carbocycles. The van der Waals surface area contributed by atoms with E-state index >= 15 is 0 Å². The molecule has 2 aromatic rings. The molecule has 0 bridgehead atoms. The van der Waals surface area contributed by atoms with Crippen LogP contribution >= 0.6 is 11.3 Å². The Labute approximate surface area is 118 Å². The first kappa shape index (κ1) is 14.1. The first-order valence-corrected chi connectivity index (χ1v) is 7.40. The fourth-order valence-electron chi connectivity index (χ4n) is 1.95. The van der Waals surface area contributed by atoms with Crippen molar-refractivity contribution in [1.29, 1.82) is 0 Å². The van der Waals surface area contributed by atoms with Crippen LogP contribution in [0.25, 0.3) is 0 Å². The normalized spacial score (nSPS) is 12.4. The van der Waals surface area contributed by atoms with Crippen LogP contribution in [0.4, 0.5) is 0 Å². The van der Waals surface area contributed by atoms with Gasteiger partial charge in [-0.1, -0.05) is 19.1 Å². The average Bonchev–Trinajstić information content (AvgIpc) is 2.84. The van der Waals surface area contributed by atoms with E-state index in [2.05, 4.69) is 19.1 Å². The number of aliphatic hydroxyl groups excluding tert-OH is 1. The van der Waals surface area contributed by atoms with Crippen LogP contribution in [0.1, 0.15) is 40.8 Å². The van der Waals surface area contributed by atoms with E-state index in [4.69, 9.17) is 4.74 Å². The molecule has 3 heteroatoms. The van der Waals surface area contributed by atoms with E-state index < -0.39 is 6.10 Å². The van der Waals surface area contributed by atoms with Gasteiger partial charge in [0.15, 0.2) is 0 Å². The van der Waals surface area contributed by atoms with Crippen LogP contribution < -0.4 is 4.74 Å². The van der Waals surface area contributed by atoms with E-state index in [9.17, 15) is 5.11 Å². The summed E-state index contributed by atoms with van der Waals surface area (Å²) in [6.07, 6.45) is 0.554. The van der Waals surface area contributed by atoms with Gasteiger partial charge in [-0.05, 0) is 44.0 Å². The Morgan fingerprint density at radius 1 is 1.21 bits per heavy atom. The lowest BCUT2D eigenvalue weighted by Crippen LogP contribution is -2.00. The first-order valence-electron chi connectivity index (χ1n) is 6.59. The van der Waals surface area contributed by atoms with Gasteiger partial charge in [0.1, 0.15) is 12.4 Å². The summed E-state index contributed by atoms with van der Waals surface area (Å²) < 4.78 is 5.87. The summed E-state index contributed by atoms with van der Waals surface area (Å²) in [5, 5.41) is 9.76. The van der Waals surface area contributed by atoms with Gasteiger partial charge in [-0.25, -0.2) is 0 Å². The standard InChI is InChI=1S/C16H20O2S/c1-4-13-6-7-14(19-13)10-18-16-9-11(2)5-8-15(16)12(3)17/h5-9,12,17H,4,10H2,1-3H3/t12-/m0/s1. The lowest BCUT2D eigenvalue weighted by molar-refractivity contribution is 0.190. The summed E-state index contributed by atoms with van der Waals surface area (Å²) in [6.45, 7) is 6.51. The Morgan fingerprint density at radius 3 is 2.58 bits per heavy atom. The number of benzene rings is 1. The second-order valence-electron chi connectivity index (χ2n) is 4.73. The minimum atomic E-state index is -0.509. The molecule has 2 rings (SSSR count). The van der Waals surface area contributed by atoms with E-state index in [0.29, 0.717) is 6.61 Å². The van der Waals surface area contributed by atoms with Gasteiger partial charge < -0.3 is 9.84 Å². The Kier molecular flexibility index (Phi) is 4.61. The highest BCUT2D eigenvalue weighted by molar-refractivity contribution is 7.11. The third-order valence-corrected chi connectivity index (χ3v) is 4.26. The molecule has 0 aliphatic rings. The number of ether oxygens (including phenoxy) is 1. The summed E-state index contributed by atoms with van der Waals surface area (Å²) in [5.74, 6) is 0.779. The second-order valence-corrected chi connectivity index (χ2v) is 5.98. The van der Waals surface area contributed by atoms with Gasteiger partial charge >= 0.3 is 0 Å². The monoisotopic (exact) mass is 276 g/mol. The number of aliphatic hydroxyl groups is 1. The minimum Gasteiger partial charge on any atom is -0.488 e. The van der Waals surface area contributed by atoms with Crippen molar-refractivity contribution in [2.75, 3.05) is 0 Å². The van der Waals surface area contributed by atoms with Crippen LogP contribution in [0.15, 0.2) is 30.3 Å². The van der Waals surface area contributed by atoms with Crippen molar-refractivity contribution in [2.45, 2.75) is 39.9 Å². The van der Waals surface area contributed by atoms with Gasteiger partial charge in [-0.15, -0.1) is 11.3 Å². The van der Waals surface area contributed by atoms with Crippen molar-refractivity contribution in [2.24, 2.45) is 0 Å². The predicted molar refractivity (Wildman–Crippen MR) is 79.8 cm³/mol. The first-order chi connectivity index (χ1) is 9.10. The summed E-state index contributed by atoms with van der Waals surface area (Å²) in [6, 6.07) is 10.2. The number of hydrogen-bond acceptors (Lipinski definition) is 3. The molecule has 1 heterocycles. The van der Waals surface area contributed by atoms with Crippen LogP contribution in [-0.4, -0.2) is 5.11 Å². The van der Waals surface area contributed by atoms with Crippen LogP contribution in [0, 0.1) is 6.92 Å². The lowest BCUT2D eigenvalue weighted by atomic mass is 10.1. The van der Waals surface area contributed by atoms with E-state index in [-0.39, 0.29) is 0 Å². The number of aryl methyl sites for hydroxylation is 2. The molecular formula is C16H20O2S. The maximum atomic E-state index is 9.76.